The second kappa shape index (κ2) is 6.36. The third kappa shape index (κ3) is 3.54. The second-order valence-corrected chi connectivity index (χ2v) is 2.86. The van der Waals surface area contributed by atoms with Crippen molar-refractivity contribution >= 4 is 12.3 Å². The quantitative estimate of drug-likeness (QED) is 0.433. The molecule has 0 saturated carbocycles. The minimum absolute atomic E-state index is 0.170. The van der Waals surface area contributed by atoms with Gasteiger partial charge in [0.2, 0.25) is 0 Å². The number of aromatic nitrogens is 1. The molecule has 0 aromatic carbocycles. The Bertz CT molecular complexity index is 443. The summed E-state index contributed by atoms with van der Waals surface area (Å²) in [5.41, 5.74) is 0.951. The molecule has 82 valence electrons. The highest BCUT2D eigenvalue weighted by atomic mass is 16.5. The van der Waals surface area contributed by atoms with E-state index in [0.29, 0.717) is 17.7 Å². The van der Waals surface area contributed by atoms with Gasteiger partial charge in [0.25, 0.3) is 0 Å². The molecular formula is C12H11NO3. The van der Waals surface area contributed by atoms with Crippen molar-refractivity contribution in [3.8, 4) is 11.8 Å². The molecule has 1 aromatic rings. The highest BCUT2D eigenvalue weighted by molar-refractivity contribution is 5.89. The van der Waals surface area contributed by atoms with Crippen LogP contribution in [0.2, 0.25) is 0 Å². The first kappa shape index (κ1) is 11.9. The number of hydrogen-bond donors (Lipinski definition) is 0. The van der Waals surface area contributed by atoms with Gasteiger partial charge in [0, 0.05) is 18.0 Å². The zero-order valence-corrected chi connectivity index (χ0v) is 8.90. The van der Waals surface area contributed by atoms with Gasteiger partial charge >= 0.3 is 5.97 Å². The molecule has 0 spiro atoms. The van der Waals surface area contributed by atoms with Crippen molar-refractivity contribution in [3.63, 3.8) is 0 Å². The average Bonchev–Trinajstić information content (AvgIpc) is 2.30. The minimum Gasteiger partial charge on any atom is -0.462 e. The highest BCUT2D eigenvalue weighted by Gasteiger charge is 2.06. The molecule has 0 atom stereocenters. The van der Waals surface area contributed by atoms with E-state index in [1.165, 1.54) is 12.4 Å². The SMILES string of the molecule is CCOC(=O)c1cncc(C#CCC=O)c1. The zero-order chi connectivity index (χ0) is 11.8. The predicted octanol–water partition coefficient (Wildman–Crippen LogP) is 1.20. The van der Waals surface area contributed by atoms with E-state index in [0.717, 1.165) is 6.29 Å². The maximum Gasteiger partial charge on any atom is 0.339 e. The Labute approximate surface area is 93.6 Å². The van der Waals surface area contributed by atoms with Gasteiger partial charge in [-0.15, -0.1) is 0 Å². The zero-order valence-electron chi connectivity index (χ0n) is 8.90. The molecule has 0 aliphatic heterocycles. The molecule has 0 unspecified atom stereocenters. The van der Waals surface area contributed by atoms with Crippen molar-refractivity contribution in [2.45, 2.75) is 13.3 Å². The lowest BCUT2D eigenvalue weighted by Crippen LogP contribution is -2.05. The number of ether oxygens (including phenoxy) is 1. The van der Waals surface area contributed by atoms with E-state index in [2.05, 4.69) is 16.8 Å². The molecule has 0 N–H and O–H groups in total. The van der Waals surface area contributed by atoms with Gasteiger partial charge in [-0.3, -0.25) is 4.98 Å². The van der Waals surface area contributed by atoms with Gasteiger partial charge in [-0.05, 0) is 13.0 Å². The van der Waals surface area contributed by atoms with Crippen molar-refractivity contribution in [1.29, 1.82) is 0 Å². The molecule has 0 aliphatic carbocycles. The fraction of sp³-hybridized carbons (Fsp3) is 0.250. The summed E-state index contributed by atoms with van der Waals surface area (Å²) in [4.78, 5) is 25.3. The lowest BCUT2D eigenvalue weighted by atomic mass is 10.2. The smallest absolute Gasteiger partial charge is 0.339 e. The van der Waals surface area contributed by atoms with E-state index >= 15 is 0 Å². The number of aldehydes is 1. The number of hydrogen-bond acceptors (Lipinski definition) is 4. The highest BCUT2D eigenvalue weighted by Crippen LogP contribution is 2.03. The van der Waals surface area contributed by atoms with Gasteiger partial charge in [0.15, 0.2) is 0 Å². The van der Waals surface area contributed by atoms with Crippen LogP contribution in [0.1, 0.15) is 29.3 Å². The summed E-state index contributed by atoms with van der Waals surface area (Å²) in [7, 11) is 0. The van der Waals surface area contributed by atoms with Crippen LogP contribution in [0, 0.1) is 11.8 Å². The Hall–Kier alpha value is -2.15. The van der Waals surface area contributed by atoms with Crippen LogP contribution < -0.4 is 0 Å². The Morgan fingerprint density at radius 3 is 3.06 bits per heavy atom. The van der Waals surface area contributed by atoms with Crippen LogP contribution in [-0.4, -0.2) is 23.8 Å². The van der Waals surface area contributed by atoms with E-state index in [-0.39, 0.29) is 6.42 Å². The van der Waals surface area contributed by atoms with Crippen molar-refractivity contribution in [3.05, 3.63) is 29.6 Å². The summed E-state index contributed by atoms with van der Waals surface area (Å²) in [6, 6.07) is 1.59. The van der Waals surface area contributed by atoms with Crippen LogP contribution in [0.15, 0.2) is 18.5 Å². The number of nitrogens with zero attached hydrogens (tertiary/aromatic N) is 1. The molecule has 4 nitrogen and oxygen atoms in total. The summed E-state index contributed by atoms with van der Waals surface area (Å²) in [5, 5.41) is 0. The first-order valence-electron chi connectivity index (χ1n) is 4.82. The Morgan fingerprint density at radius 2 is 2.38 bits per heavy atom. The first-order valence-corrected chi connectivity index (χ1v) is 4.82. The molecule has 0 radical (unpaired) electrons. The van der Waals surface area contributed by atoms with Crippen LogP contribution in [0.4, 0.5) is 0 Å². The predicted molar refractivity (Wildman–Crippen MR) is 57.8 cm³/mol. The maximum absolute atomic E-state index is 11.4. The largest absolute Gasteiger partial charge is 0.462 e. The number of esters is 1. The summed E-state index contributed by atoms with van der Waals surface area (Å²) in [6.45, 7) is 2.05. The van der Waals surface area contributed by atoms with Crippen molar-refractivity contribution in [2.24, 2.45) is 0 Å². The summed E-state index contributed by atoms with van der Waals surface area (Å²) in [6.07, 6.45) is 3.84. The number of carbonyl (C=O) groups is 2. The van der Waals surface area contributed by atoms with E-state index in [9.17, 15) is 9.59 Å². The average molecular weight is 217 g/mol. The molecule has 0 amide bonds. The third-order valence-electron chi connectivity index (χ3n) is 1.67. The Balaban J connectivity index is 2.83. The molecule has 0 saturated heterocycles. The van der Waals surface area contributed by atoms with Crippen molar-refractivity contribution in [2.75, 3.05) is 6.61 Å². The summed E-state index contributed by atoms with van der Waals surface area (Å²) in [5.74, 6) is 4.95. The lowest BCUT2D eigenvalue weighted by Gasteiger charge is -2.00. The topological polar surface area (TPSA) is 56.3 Å². The minimum atomic E-state index is -0.422. The molecule has 16 heavy (non-hydrogen) atoms. The fourth-order valence-electron chi connectivity index (χ4n) is 1.03. The van der Waals surface area contributed by atoms with Gasteiger partial charge in [-0.1, -0.05) is 11.8 Å². The number of rotatable bonds is 3. The molecule has 4 heteroatoms. The van der Waals surface area contributed by atoms with E-state index in [1.807, 2.05) is 0 Å². The van der Waals surface area contributed by atoms with Crippen LogP contribution in [0.5, 0.6) is 0 Å². The maximum atomic E-state index is 11.4. The third-order valence-corrected chi connectivity index (χ3v) is 1.67. The molecule has 0 fully saturated rings. The standard InChI is InChI=1S/C12H11NO3/c1-2-16-12(15)11-7-10(8-13-9-11)5-3-4-6-14/h6-9H,2,4H2,1H3. The number of pyridine rings is 1. The van der Waals surface area contributed by atoms with Gasteiger partial charge in [0.1, 0.15) is 6.29 Å². The Kier molecular flexibility index (Phi) is 4.74. The summed E-state index contributed by atoms with van der Waals surface area (Å²) >= 11 is 0. The molecule has 1 aromatic heterocycles. The van der Waals surface area contributed by atoms with Crippen molar-refractivity contribution < 1.29 is 14.3 Å². The Morgan fingerprint density at radius 1 is 1.56 bits per heavy atom. The molecular weight excluding hydrogens is 206 g/mol. The van der Waals surface area contributed by atoms with Gasteiger partial charge in [-0.2, -0.15) is 0 Å². The van der Waals surface area contributed by atoms with Gasteiger partial charge < -0.3 is 9.53 Å². The van der Waals surface area contributed by atoms with Crippen molar-refractivity contribution in [1.82, 2.24) is 4.98 Å². The van der Waals surface area contributed by atoms with E-state index in [1.54, 1.807) is 13.0 Å². The van der Waals surface area contributed by atoms with Gasteiger partial charge in [-0.25, -0.2) is 4.79 Å². The molecule has 0 aliphatic rings. The second-order valence-electron chi connectivity index (χ2n) is 2.86. The fourth-order valence-corrected chi connectivity index (χ4v) is 1.03. The molecule has 1 heterocycles. The normalized spacial score (nSPS) is 8.81. The monoisotopic (exact) mass is 217 g/mol. The van der Waals surface area contributed by atoms with Crippen LogP contribution in [0.25, 0.3) is 0 Å². The summed E-state index contributed by atoms with van der Waals surface area (Å²) < 4.78 is 4.83. The lowest BCUT2D eigenvalue weighted by molar-refractivity contribution is -0.107. The molecule has 1 rings (SSSR count). The van der Waals surface area contributed by atoms with E-state index < -0.39 is 5.97 Å². The van der Waals surface area contributed by atoms with Gasteiger partial charge in [0.05, 0.1) is 18.6 Å². The van der Waals surface area contributed by atoms with E-state index in [4.69, 9.17) is 4.74 Å². The van der Waals surface area contributed by atoms with Crippen LogP contribution in [-0.2, 0) is 9.53 Å². The first-order chi connectivity index (χ1) is 7.77. The van der Waals surface area contributed by atoms with Crippen LogP contribution in [0.3, 0.4) is 0 Å². The number of carbonyl (C=O) groups excluding carboxylic acids is 2. The van der Waals surface area contributed by atoms with Crippen LogP contribution >= 0.6 is 0 Å². The molecule has 0 bridgehead atoms.